The fourth-order valence-electron chi connectivity index (χ4n) is 3.66. The fraction of sp³-hybridized carbons (Fsp3) is 0.350. The Balaban J connectivity index is 1.56. The Bertz CT molecular complexity index is 908. The zero-order valence-electron chi connectivity index (χ0n) is 15.1. The number of likely N-dealkylation sites (tertiary alicyclic amines) is 1. The molecule has 2 aromatic heterocycles. The molecule has 2 N–H and O–H groups in total. The van der Waals surface area contributed by atoms with Crippen LogP contribution in [0.25, 0.3) is 11.1 Å². The highest BCUT2D eigenvalue weighted by atomic mass is 16.2. The molecule has 0 saturated carbocycles. The van der Waals surface area contributed by atoms with Crippen LogP contribution in [-0.2, 0) is 0 Å². The first-order chi connectivity index (χ1) is 12.6. The summed E-state index contributed by atoms with van der Waals surface area (Å²) in [6, 6.07) is 10.3. The van der Waals surface area contributed by atoms with Crippen molar-refractivity contribution in [2.24, 2.45) is 0 Å². The zero-order valence-corrected chi connectivity index (χ0v) is 15.1. The molecule has 6 nitrogen and oxygen atoms in total. The summed E-state index contributed by atoms with van der Waals surface area (Å²) in [5.41, 5.74) is 6.03. The van der Waals surface area contributed by atoms with Crippen molar-refractivity contribution < 1.29 is 4.79 Å². The van der Waals surface area contributed by atoms with E-state index in [1.165, 1.54) is 5.56 Å². The van der Waals surface area contributed by atoms with Gasteiger partial charge in [0.05, 0.1) is 6.20 Å². The average Bonchev–Trinajstić information content (AvgIpc) is 3.31. The predicted octanol–water partition coefficient (Wildman–Crippen LogP) is 3.44. The summed E-state index contributed by atoms with van der Waals surface area (Å²) in [7, 11) is 0. The maximum atomic E-state index is 12.7. The van der Waals surface area contributed by atoms with Crippen LogP contribution in [0.2, 0.25) is 0 Å². The fourth-order valence-corrected chi connectivity index (χ4v) is 3.66. The Morgan fingerprint density at radius 3 is 2.73 bits per heavy atom. The number of hydrogen-bond donors (Lipinski definition) is 2. The van der Waals surface area contributed by atoms with E-state index in [2.05, 4.69) is 51.6 Å². The van der Waals surface area contributed by atoms with Gasteiger partial charge in [-0.3, -0.25) is 15.0 Å². The van der Waals surface area contributed by atoms with E-state index in [0.717, 1.165) is 41.9 Å². The van der Waals surface area contributed by atoms with Gasteiger partial charge in [-0.25, -0.2) is 0 Å². The lowest BCUT2D eigenvalue weighted by atomic mass is 9.90. The highest BCUT2D eigenvalue weighted by Crippen LogP contribution is 2.33. The van der Waals surface area contributed by atoms with Gasteiger partial charge >= 0.3 is 0 Å². The number of H-pyrrole nitrogens is 2. The first kappa shape index (κ1) is 16.6. The van der Waals surface area contributed by atoms with Gasteiger partial charge in [0.2, 0.25) is 0 Å². The number of carbonyl (C=O) groups excluding carboxylic acids is 1. The number of carbonyl (C=O) groups is 1. The Labute approximate surface area is 152 Å². The topological polar surface area (TPSA) is 77.7 Å². The second-order valence-corrected chi connectivity index (χ2v) is 7.09. The van der Waals surface area contributed by atoms with Crippen molar-refractivity contribution >= 4 is 5.91 Å². The summed E-state index contributed by atoms with van der Waals surface area (Å²) < 4.78 is 0. The van der Waals surface area contributed by atoms with E-state index in [9.17, 15) is 4.79 Å². The minimum Gasteiger partial charge on any atom is -0.337 e. The van der Waals surface area contributed by atoms with Gasteiger partial charge in [-0.1, -0.05) is 29.8 Å². The molecule has 3 heterocycles. The summed E-state index contributed by atoms with van der Waals surface area (Å²) in [6.07, 6.45) is 3.91. The number of benzene rings is 1. The molecule has 1 atom stereocenters. The average molecular weight is 349 g/mol. The van der Waals surface area contributed by atoms with Crippen LogP contribution < -0.4 is 0 Å². The van der Waals surface area contributed by atoms with E-state index < -0.39 is 0 Å². The quantitative estimate of drug-likeness (QED) is 0.760. The van der Waals surface area contributed by atoms with E-state index in [1.807, 2.05) is 18.0 Å². The minimum atomic E-state index is -0.00421. The molecule has 0 aliphatic carbocycles. The minimum absolute atomic E-state index is 0.00421. The van der Waals surface area contributed by atoms with E-state index in [4.69, 9.17) is 0 Å². The van der Waals surface area contributed by atoms with Crippen molar-refractivity contribution in [3.05, 3.63) is 59.2 Å². The highest BCUT2D eigenvalue weighted by molar-refractivity contribution is 5.92. The van der Waals surface area contributed by atoms with Crippen LogP contribution in [-0.4, -0.2) is 44.3 Å². The Morgan fingerprint density at radius 2 is 2.00 bits per heavy atom. The van der Waals surface area contributed by atoms with Crippen molar-refractivity contribution in [2.45, 2.75) is 32.6 Å². The van der Waals surface area contributed by atoms with Gasteiger partial charge in [0.15, 0.2) is 0 Å². The van der Waals surface area contributed by atoms with Gasteiger partial charge in [-0.2, -0.15) is 10.2 Å². The Hall–Kier alpha value is -2.89. The van der Waals surface area contributed by atoms with Crippen LogP contribution >= 0.6 is 0 Å². The van der Waals surface area contributed by atoms with Gasteiger partial charge in [-0.15, -0.1) is 0 Å². The van der Waals surface area contributed by atoms with Crippen LogP contribution in [0.1, 0.15) is 46.2 Å². The lowest BCUT2D eigenvalue weighted by Crippen LogP contribution is -2.39. The van der Waals surface area contributed by atoms with E-state index in [0.29, 0.717) is 12.2 Å². The van der Waals surface area contributed by atoms with Gasteiger partial charge < -0.3 is 4.90 Å². The Kier molecular flexibility index (Phi) is 4.32. The lowest BCUT2D eigenvalue weighted by molar-refractivity contribution is 0.0700. The summed E-state index contributed by atoms with van der Waals surface area (Å²) in [6.45, 7) is 5.45. The molecule has 1 unspecified atom stereocenters. The zero-order chi connectivity index (χ0) is 18.1. The summed E-state index contributed by atoms with van der Waals surface area (Å²) in [4.78, 5) is 14.6. The summed E-state index contributed by atoms with van der Waals surface area (Å²) in [5, 5.41) is 14.4. The van der Waals surface area contributed by atoms with E-state index in [1.54, 1.807) is 6.07 Å². The third kappa shape index (κ3) is 3.14. The number of rotatable bonds is 3. The molecule has 1 saturated heterocycles. The van der Waals surface area contributed by atoms with Crippen molar-refractivity contribution in [1.82, 2.24) is 25.3 Å². The molecule has 1 amide bonds. The molecule has 0 spiro atoms. The lowest BCUT2D eigenvalue weighted by Gasteiger charge is -2.32. The number of hydrogen-bond acceptors (Lipinski definition) is 3. The molecule has 3 aromatic rings. The molecule has 1 aliphatic heterocycles. The van der Waals surface area contributed by atoms with Gasteiger partial charge in [0.1, 0.15) is 5.69 Å². The number of aromatic nitrogens is 4. The third-order valence-corrected chi connectivity index (χ3v) is 5.07. The highest BCUT2D eigenvalue weighted by Gasteiger charge is 2.29. The largest absolute Gasteiger partial charge is 0.337 e. The molecular weight excluding hydrogens is 326 g/mol. The monoisotopic (exact) mass is 349 g/mol. The van der Waals surface area contributed by atoms with Gasteiger partial charge in [-0.05, 0) is 38.3 Å². The normalized spacial score (nSPS) is 17.5. The number of aromatic amines is 2. The van der Waals surface area contributed by atoms with E-state index >= 15 is 0 Å². The second-order valence-electron chi connectivity index (χ2n) is 7.09. The second kappa shape index (κ2) is 6.78. The summed E-state index contributed by atoms with van der Waals surface area (Å²) in [5.74, 6) is 0.252. The van der Waals surface area contributed by atoms with Crippen LogP contribution in [0, 0.1) is 13.8 Å². The molecule has 134 valence electrons. The van der Waals surface area contributed by atoms with Crippen molar-refractivity contribution in [3.63, 3.8) is 0 Å². The number of amides is 1. The SMILES string of the molecule is Cc1ccc(-c2cn[nH]c2C2CCCN(C(=O)c3cc(C)[nH]n3)C2)cc1. The molecule has 1 fully saturated rings. The van der Waals surface area contributed by atoms with Crippen molar-refractivity contribution in [2.75, 3.05) is 13.1 Å². The smallest absolute Gasteiger partial charge is 0.274 e. The van der Waals surface area contributed by atoms with Crippen molar-refractivity contribution in [3.8, 4) is 11.1 Å². The van der Waals surface area contributed by atoms with Crippen LogP contribution in [0.3, 0.4) is 0 Å². The maximum Gasteiger partial charge on any atom is 0.274 e. The standard InChI is InChI=1S/C20H23N5O/c1-13-5-7-15(8-6-13)17-11-21-24-19(17)16-4-3-9-25(12-16)20(26)18-10-14(2)22-23-18/h5-8,10-11,16H,3-4,9,12H2,1-2H3,(H,21,24)(H,22,23). The predicted molar refractivity (Wildman–Crippen MR) is 100.0 cm³/mol. The van der Waals surface area contributed by atoms with Crippen LogP contribution in [0.4, 0.5) is 0 Å². The maximum absolute atomic E-state index is 12.7. The van der Waals surface area contributed by atoms with Gasteiger partial charge in [0.25, 0.3) is 5.91 Å². The van der Waals surface area contributed by atoms with Crippen molar-refractivity contribution in [1.29, 1.82) is 0 Å². The molecule has 6 heteroatoms. The number of nitrogens with zero attached hydrogens (tertiary/aromatic N) is 3. The molecule has 26 heavy (non-hydrogen) atoms. The third-order valence-electron chi connectivity index (χ3n) is 5.07. The van der Waals surface area contributed by atoms with E-state index in [-0.39, 0.29) is 11.8 Å². The first-order valence-corrected chi connectivity index (χ1v) is 9.03. The summed E-state index contributed by atoms with van der Waals surface area (Å²) >= 11 is 0. The molecule has 1 aliphatic rings. The number of piperidine rings is 1. The van der Waals surface area contributed by atoms with Crippen LogP contribution in [0.15, 0.2) is 36.5 Å². The number of aryl methyl sites for hydroxylation is 2. The molecular formula is C20H23N5O. The first-order valence-electron chi connectivity index (χ1n) is 9.03. The molecule has 1 aromatic carbocycles. The molecule has 0 bridgehead atoms. The van der Waals surface area contributed by atoms with Gasteiger partial charge in [0, 0.05) is 36.0 Å². The molecule has 0 radical (unpaired) electrons. The Morgan fingerprint density at radius 1 is 1.19 bits per heavy atom. The number of nitrogens with one attached hydrogen (secondary N) is 2. The molecule has 4 rings (SSSR count). The van der Waals surface area contributed by atoms with Crippen LogP contribution in [0.5, 0.6) is 0 Å².